The van der Waals surface area contributed by atoms with E-state index >= 15 is 0 Å². The van der Waals surface area contributed by atoms with Gasteiger partial charge in [-0.2, -0.15) is 0 Å². The lowest BCUT2D eigenvalue weighted by Gasteiger charge is -2.11. The van der Waals surface area contributed by atoms with Crippen LogP contribution in [-0.4, -0.2) is 19.1 Å². The van der Waals surface area contributed by atoms with Crippen molar-refractivity contribution in [1.82, 2.24) is 0 Å². The van der Waals surface area contributed by atoms with Gasteiger partial charge in [-0.25, -0.2) is 0 Å². The highest BCUT2D eigenvalue weighted by molar-refractivity contribution is 9.10. The van der Waals surface area contributed by atoms with Crippen molar-refractivity contribution >= 4 is 27.5 Å². The molecule has 0 heterocycles. The predicted molar refractivity (Wildman–Crippen MR) is 72.2 cm³/mol. The van der Waals surface area contributed by atoms with Crippen molar-refractivity contribution in [2.75, 3.05) is 12.4 Å². The molecule has 0 aromatic heterocycles. The van der Waals surface area contributed by atoms with Gasteiger partial charge in [0.15, 0.2) is 0 Å². The molecular weight excluding hydrogens is 284 g/mol. The number of benzene rings is 1. The zero-order chi connectivity index (χ0) is 12.8. The smallest absolute Gasteiger partial charge is 0.224 e. The number of carbonyl (C=O) groups excluding carboxylic acids is 1. The van der Waals surface area contributed by atoms with Crippen molar-refractivity contribution in [1.29, 1.82) is 0 Å². The molecule has 0 saturated carbocycles. The Morgan fingerprint density at radius 3 is 2.88 bits per heavy atom. The summed E-state index contributed by atoms with van der Waals surface area (Å²) in [6.45, 7) is 1.88. The number of nitrogens with two attached hydrogens (primary N) is 1. The number of hydrogen-bond donors (Lipinski definition) is 2. The largest absolute Gasteiger partial charge is 0.495 e. The van der Waals surface area contributed by atoms with E-state index in [9.17, 15) is 4.79 Å². The average molecular weight is 301 g/mol. The fourth-order valence-corrected chi connectivity index (χ4v) is 1.71. The van der Waals surface area contributed by atoms with Crippen LogP contribution in [-0.2, 0) is 4.79 Å². The molecule has 0 aliphatic rings. The van der Waals surface area contributed by atoms with E-state index in [2.05, 4.69) is 21.2 Å². The summed E-state index contributed by atoms with van der Waals surface area (Å²) in [4.78, 5) is 11.7. The molecule has 1 aromatic rings. The van der Waals surface area contributed by atoms with Gasteiger partial charge in [0.2, 0.25) is 5.91 Å². The molecule has 1 amide bonds. The summed E-state index contributed by atoms with van der Waals surface area (Å²) in [6, 6.07) is 5.50. The van der Waals surface area contributed by atoms with Gasteiger partial charge in [0.05, 0.1) is 12.8 Å². The summed E-state index contributed by atoms with van der Waals surface area (Å²) >= 11 is 3.35. The van der Waals surface area contributed by atoms with E-state index in [-0.39, 0.29) is 11.9 Å². The SMILES string of the molecule is COc1ccc(Br)cc1NC(=O)CCC(C)N. The number of amides is 1. The van der Waals surface area contributed by atoms with Crippen molar-refractivity contribution in [2.24, 2.45) is 5.73 Å². The van der Waals surface area contributed by atoms with Gasteiger partial charge in [-0.05, 0) is 31.5 Å². The molecule has 5 heteroatoms. The first-order valence-corrected chi connectivity index (χ1v) is 6.21. The molecule has 0 spiro atoms. The number of rotatable bonds is 5. The summed E-state index contributed by atoms with van der Waals surface area (Å²) in [7, 11) is 1.57. The van der Waals surface area contributed by atoms with Gasteiger partial charge in [-0.3, -0.25) is 4.79 Å². The van der Waals surface area contributed by atoms with Crippen LogP contribution in [0, 0.1) is 0 Å². The molecular formula is C12H17BrN2O2. The maximum atomic E-state index is 11.7. The topological polar surface area (TPSA) is 64.3 Å². The number of carbonyl (C=O) groups is 1. The molecule has 1 unspecified atom stereocenters. The minimum absolute atomic E-state index is 0.0326. The van der Waals surface area contributed by atoms with Gasteiger partial charge in [0.25, 0.3) is 0 Å². The lowest BCUT2D eigenvalue weighted by Crippen LogP contribution is -2.19. The fraction of sp³-hybridized carbons (Fsp3) is 0.417. The van der Waals surface area contributed by atoms with Gasteiger partial charge < -0.3 is 15.8 Å². The number of nitrogens with one attached hydrogen (secondary N) is 1. The van der Waals surface area contributed by atoms with Crippen LogP contribution in [0.3, 0.4) is 0 Å². The predicted octanol–water partition coefficient (Wildman–Crippen LogP) is 2.52. The van der Waals surface area contributed by atoms with E-state index in [0.717, 1.165) is 4.47 Å². The van der Waals surface area contributed by atoms with Crippen LogP contribution < -0.4 is 15.8 Å². The zero-order valence-electron chi connectivity index (χ0n) is 10.00. The molecule has 3 N–H and O–H groups in total. The summed E-state index contributed by atoms with van der Waals surface area (Å²) in [5, 5.41) is 2.81. The summed E-state index contributed by atoms with van der Waals surface area (Å²) in [6.07, 6.45) is 1.08. The molecule has 4 nitrogen and oxygen atoms in total. The maximum Gasteiger partial charge on any atom is 0.224 e. The summed E-state index contributed by atoms with van der Waals surface area (Å²) in [5.74, 6) is 0.584. The van der Waals surface area contributed by atoms with Gasteiger partial charge in [-0.15, -0.1) is 0 Å². The lowest BCUT2D eigenvalue weighted by atomic mass is 10.2. The Morgan fingerprint density at radius 2 is 2.29 bits per heavy atom. The Balaban J connectivity index is 2.66. The number of halogens is 1. The number of anilines is 1. The molecule has 0 bridgehead atoms. The molecule has 17 heavy (non-hydrogen) atoms. The van der Waals surface area contributed by atoms with E-state index < -0.39 is 0 Å². The van der Waals surface area contributed by atoms with Gasteiger partial charge in [-0.1, -0.05) is 15.9 Å². The van der Waals surface area contributed by atoms with E-state index in [1.54, 1.807) is 13.2 Å². The highest BCUT2D eigenvalue weighted by Gasteiger charge is 2.08. The second-order valence-electron chi connectivity index (χ2n) is 3.91. The van der Waals surface area contributed by atoms with Crippen LogP contribution in [0.4, 0.5) is 5.69 Å². The van der Waals surface area contributed by atoms with Gasteiger partial charge in [0.1, 0.15) is 5.75 Å². The summed E-state index contributed by atoms with van der Waals surface area (Å²) in [5.41, 5.74) is 6.27. The summed E-state index contributed by atoms with van der Waals surface area (Å²) < 4.78 is 6.06. The standard InChI is InChI=1S/C12H17BrN2O2/c1-8(14)3-6-12(16)15-10-7-9(13)4-5-11(10)17-2/h4-5,7-8H,3,6,14H2,1-2H3,(H,15,16). The normalized spacial score (nSPS) is 12.0. The fourth-order valence-electron chi connectivity index (χ4n) is 1.35. The molecule has 0 saturated heterocycles. The second kappa shape index (κ2) is 6.61. The Kier molecular flexibility index (Phi) is 5.44. The molecule has 1 aromatic carbocycles. The molecule has 0 aliphatic carbocycles. The Morgan fingerprint density at radius 1 is 1.59 bits per heavy atom. The third-order valence-electron chi connectivity index (χ3n) is 2.26. The third-order valence-corrected chi connectivity index (χ3v) is 2.76. The van der Waals surface area contributed by atoms with Gasteiger partial charge in [0, 0.05) is 16.9 Å². The number of hydrogen-bond acceptors (Lipinski definition) is 3. The highest BCUT2D eigenvalue weighted by atomic mass is 79.9. The Hall–Kier alpha value is -1.07. The molecule has 0 aliphatic heterocycles. The van der Waals surface area contributed by atoms with E-state index in [4.69, 9.17) is 10.5 Å². The number of methoxy groups -OCH3 is 1. The van der Waals surface area contributed by atoms with E-state index in [1.807, 2.05) is 19.1 Å². The van der Waals surface area contributed by atoms with Crippen LogP contribution >= 0.6 is 15.9 Å². The monoisotopic (exact) mass is 300 g/mol. The van der Waals surface area contributed by atoms with Crippen LogP contribution in [0.5, 0.6) is 5.75 Å². The number of ether oxygens (including phenoxy) is 1. The van der Waals surface area contributed by atoms with Crippen LogP contribution in [0.1, 0.15) is 19.8 Å². The minimum atomic E-state index is -0.0568. The Labute approximate surface area is 110 Å². The first-order valence-electron chi connectivity index (χ1n) is 5.42. The van der Waals surface area contributed by atoms with Crippen molar-refractivity contribution in [3.05, 3.63) is 22.7 Å². The minimum Gasteiger partial charge on any atom is -0.495 e. The first-order chi connectivity index (χ1) is 8.02. The van der Waals surface area contributed by atoms with Crippen molar-refractivity contribution in [2.45, 2.75) is 25.8 Å². The first kappa shape index (κ1) is 14.0. The van der Waals surface area contributed by atoms with Crippen LogP contribution in [0.15, 0.2) is 22.7 Å². The van der Waals surface area contributed by atoms with E-state index in [1.165, 1.54) is 0 Å². The molecule has 94 valence electrons. The molecule has 1 atom stereocenters. The lowest BCUT2D eigenvalue weighted by molar-refractivity contribution is -0.116. The van der Waals surface area contributed by atoms with Crippen LogP contribution in [0.25, 0.3) is 0 Å². The van der Waals surface area contributed by atoms with Crippen molar-refractivity contribution in [3.8, 4) is 5.75 Å². The van der Waals surface area contributed by atoms with Crippen molar-refractivity contribution < 1.29 is 9.53 Å². The highest BCUT2D eigenvalue weighted by Crippen LogP contribution is 2.27. The Bertz CT molecular complexity index is 394. The molecule has 1 rings (SSSR count). The van der Waals surface area contributed by atoms with Crippen molar-refractivity contribution in [3.63, 3.8) is 0 Å². The zero-order valence-corrected chi connectivity index (χ0v) is 11.6. The third kappa shape index (κ3) is 4.75. The average Bonchev–Trinajstić information content (AvgIpc) is 2.27. The second-order valence-corrected chi connectivity index (χ2v) is 4.82. The molecule has 0 fully saturated rings. The van der Waals surface area contributed by atoms with E-state index in [0.29, 0.717) is 24.3 Å². The quantitative estimate of drug-likeness (QED) is 0.878. The van der Waals surface area contributed by atoms with Crippen LogP contribution in [0.2, 0.25) is 0 Å². The maximum absolute atomic E-state index is 11.7. The van der Waals surface area contributed by atoms with Gasteiger partial charge >= 0.3 is 0 Å². The molecule has 0 radical (unpaired) electrons.